The fourth-order valence-corrected chi connectivity index (χ4v) is 4.48. The predicted octanol–water partition coefficient (Wildman–Crippen LogP) is 1.80. The number of aryl methyl sites for hydroxylation is 1. The lowest BCUT2D eigenvalue weighted by molar-refractivity contribution is -0.144. The Labute approximate surface area is 134 Å². The van der Waals surface area contributed by atoms with Gasteiger partial charge >= 0.3 is 0 Å². The van der Waals surface area contributed by atoms with Gasteiger partial charge in [-0.25, -0.2) is 9.50 Å². The summed E-state index contributed by atoms with van der Waals surface area (Å²) in [6.45, 7) is 2.71. The zero-order valence-corrected chi connectivity index (χ0v) is 13.2. The first-order valence-corrected chi connectivity index (χ1v) is 8.50. The summed E-state index contributed by atoms with van der Waals surface area (Å²) in [7, 11) is 0. The van der Waals surface area contributed by atoms with Gasteiger partial charge in [-0.3, -0.25) is 4.79 Å². The van der Waals surface area contributed by atoms with Gasteiger partial charge in [-0.2, -0.15) is 5.10 Å². The molecule has 1 amide bonds. The van der Waals surface area contributed by atoms with Crippen LogP contribution in [0.2, 0.25) is 0 Å². The smallest absolute Gasteiger partial charge is 0.252 e. The molecule has 0 unspecified atom stereocenters. The molecule has 2 aromatic rings. The van der Waals surface area contributed by atoms with Crippen molar-refractivity contribution in [3.63, 3.8) is 0 Å². The Bertz CT molecular complexity index is 793. The maximum atomic E-state index is 12.9. The summed E-state index contributed by atoms with van der Waals surface area (Å²) < 4.78 is 7.61. The number of hydrogen-bond acceptors (Lipinski definition) is 4. The Kier molecular flexibility index (Phi) is 2.80. The first kappa shape index (κ1) is 13.5. The van der Waals surface area contributed by atoms with Crippen LogP contribution in [0.5, 0.6) is 0 Å². The lowest BCUT2D eigenvalue weighted by atomic mass is 9.98. The van der Waals surface area contributed by atoms with Crippen LogP contribution in [-0.2, 0) is 16.0 Å². The fraction of sp³-hybridized carbons (Fsp3) is 0.588. The molecule has 2 aromatic heterocycles. The molecule has 0 saturated carbocycles. The van der Waals surface area contributed by atoms with Gasteiger partial charge in [-0.15, -0.1) is 0 Å². The Morgan fingerprint density at radius 1 is 1.35 bits per heavy atom. The molecular weight excluding hydrogens is 292 g/mol. The lowest BCUT2D eigenvalue weighted by Crippen LogP contribution is -2.47. The summed E-state index contributed by atoms with van der Waals surface area (Å²) in [6, 6.07) is 2.42. The second kappa shape index (κ2) is 4.77. The van der Waals surface area contributed by atoms with Gasteiger partial charge in [0.2, 0.25) is 0 Å². The largest absolute Gasteiger partial charge is 0.368 e. The van der Waals surface area contributed by atoms with Gasteiger partial charge in [0.1, 0.15) is 6.10 Å². The molecule has 2 bridgehead atoms. The molecule has 2 fully saturated rings. The molecule has 6 heteroatoms. The van der Waals surface area contributed by atoms with E-state index in [0.717, 1.165) is 43.4 Å². The van der Waals surface area contributed by atoms with Crippen molar-refractivity contribution >= 4 is 11.6 Å². The summed E-state index contributed by atoms with van der Waals surface area (Å²) in [5.41, 5.74) is 4.28. The highest BCUT2D eigenvalue weighted by Crippen LogP contribution is 2.44. The molecule has 3 atom stereocenters. The number of carbonyl (C=O) groups is 1. The average molecular weight is 312 g/mol. The SMILES string of the molecule is Cc1cc2ncc3c(n2n1)C[C@H]1CC[C@@H]3N1C(=O)[C@@H]1CCCO1. The number of aromatic nitrogens is 3. The van der Waals surface area contributed by atoms with E-state index >= 15 is 0 Å². The fourth-order valence-electron chi connectivity index (χ4n) is 4.48. The van der Waals surface area contributed by atoms with Crippen LogP contribution in [0.3, 0.4) is 0 Å². The third-order valence-electron chi connectivity index (χ3n) is 5.49. The summed E-state index contributed by atoms with van der Waals surface area (Å²) in [5, 5.41) is 4.60. The maximum Gasteiger partial charge on any atom is 0.252 e. The van der Waals surface area contributed by atoms with E-state index in [4.69, 9.17) is 4.74 Å². The summed E-state index contributed by atoms with van der Waals surface area (Å²) in [6.07, 6.45) is 6.51. The van der Waals surface area contributed by atoms with Gasteiger partial charge in [0.05, 0.1) is 17.4 Å². The van der Waals surface area contributed by atoms with Crippen molar-refractivity contribution in [1.29, 1.82) is 0 Å². The monoisotopic (exact) mass is 312 g/mol. The van der Waals surface area contributed by atoms with Crippen molar-refractivity contribution in [1.82, 2.24) is 19.5 Å². The molecule has 3 aliphatic heterocycles. The van der Waals surface area contributed by atoms with Gasteiger partial charge in [0, 0.05) is 36.9 Å². The zero-order valence-electron chi connectivity index (χ0n) is 13.2. The van der Waals surface area contributed by atoms with Crippen molar-refractivity contribution in [3.8, 4) is 0 Å². The number of amides is 1. The van der Waals surface area contributed by atoms with E-state index in [1.165, 1.54) is 11.3 Å². The Morgan fingerprint density at radius 3 is 3.09 bits per heavy atom. The molecule has 23 heavy (non-hydrogen) atoms. The summed E-state index contributed by atoms with van der Waals surface area (Å²) in [4.78, 5) is 19.5. The number of hydrogen-bond donors (Lipinski definition) is 0. The quantitative estimate of drug-likeness (QED) is 0.806. The Balaban J connectivity index is 1.57. The normalized spacial score (nSPS) is 29.3. The molecule has 2 saturated heterocycles. The van der Waals surface area contributed by atoms with Gasteiger partial charge in [0.25, 0.3) is 5.91 Å². The molecule has 5 heterocycles. The van der Waals surface area contributed by atoms with Crippen LogP contribution in [0.1, 0.15) is 48.7 Å². The third-order valence-corrected chi connectivity index (χ3v) is 5.49. The number of fused-ring (bicyclic) bond motifs is 6. The topological polar surface area (TPSA) is 59.7 Å². The van der Waals surface area contributed by atoms with E-state index in [9.17, 15) is 4.79 Å². The van der Waals surface area contributed by atoms with Crippen LogP contribution in [-0.4, -0.2) is 44.2 Å². The highest BCUT2D eigenvalue weighted by molar-refractivity contribution is 5.82. The molecule has 120 valence electrons. The number of carbonyl (C=O) groups excluding carboxylic acids is 1. The molecule has 3 aliphatic rings. The first-order valence-electron chi connectivity index (χ1n) is 8.50. The molecule has 0 N–H and O–H groups in total. The highest BCUT2D eigenvalue weighted by atomic mass is 16.5. The molecule has 0 aliphatic carbocycles. The number of ether oxygens (including phenoxy) is 1. The van der Waals surface area contributed by atoms with Gasteiger partial charge in [-0.05, 0) is 32.6 Å². The van der Waals surface area contributed by atoms with Gasteiger partial charge < -0.3 is 9.64 Å². The van der Waals surface area contributed by atoms with Crippen molar-refractivity contribution in [2.45, 2.75) is 57.2 Å². The molecule has 0 radical (unpaired) electrons. The van der Waals surface area contributed by atoms with E-state index in [1.54, 1.807) is 0 Å². The second-order valence-corrected chi connectivity index (χ2v) is 6.91. The molecule has 6 nitrogen and oxygen atoms in total. The van der Waals surface area contributed by atoms with Gasteiger partial charge in [-0.1, -0.05) is 0 Å². The van der Waals surface area contributed by atoms with Crippen LogP contribution in [0.25, 0.3) is 5.65 Å². The van der Waals surface area contributed by atoms with E-state index in [0.29, 0.717) is 6.61 Å². The Morgan fingerprint density at radius 2 is 2.26 bits per heavy atom. The summed E-state index contributed by atoms with van der Waals surface area (Å²) in [5.74, 6) is 0.178. The van der Waals surface area contributed by atoms with Crippen molar-refractivity contribution in [3.05, 3.63) is 29.2 Å². The standard InChI is InChI=1S/C17H20N4O2/c1-10-7-16-18-9-12-13-5-4-11(8-14(12)21(16)19-10)20(13)17(22)15-3-2-6-23-15/h7,9,11,13,15H,2-6,8H2,1H3/t11-,13+,15+/m1/s1. The van der Waals surface area contributed by atoms with Crippen LogP contribution >= 0.6 is 0 Å². The zero-order chi connectivity index (χ0) is 15.6. The lowest BCUT2D eigenvalue weighted by Gasteiger charge is -2.37. The number of nitrogens with zero attached hydrogens (tertiary/aromatic N) is 4. The van der Waals surface area contributed by atoms with Crippen molar-refractivity contribution in [2.24, 2.45) is 0 Å². The third kappa shape index (κ3) is 1.87. The highest BCUT2D eigenvalue weighted by Gasteiger charge is 2.46. The van der Waals surface area contributed by atoms with E-state index in [2.05, 4.69) is 15.0 Å². The van der Waals surface area contributed by atoms with Crippen molar-refractivity contribution < 1.29 is 9.53 Å². The van der Waals surface area contributed by atoms with Crippen LogP contribution in [0.4, 0.5) is 0 Å². The van der Waals surface area contributed by atoms with Crippen LogP contribution in [0.15, 0.2) is 12.3 Å². The summed E-state index contributed by atoms with van der Waals surface area (Å²) >= 11 is 0. The van der Waals surface area contributed by atoms with E-state index in [1.807, 2.05) is 23.7 Å². The molecular formula is C17H20N4O2. The predicted molar refractivity (Wildman–Crippen MR) is 83.0 cm³/mol. The number of rotatable bonds is 1. The average Bonchev–Trinajstić information content (AvgIpc) is 3.25. The van der Waals surface area contributed by atoms with Crippen LogP contribution in [0, 0.1) is 6.92 Å². The Hall–Kier alpha value is -1.95. The van der Waals surface area contributed by atoms with E-state index in [-0.39, 0.29) is 24.1 Å². The molecule has 0 aromatic carbocycles. The molecule has 5 rings (SSSR count). The minimum absolute atomic E-state index is 0.141. The second-order valence-electron chi connectivity index (χ2n) is 6.91. The maximum absolute atomic E-state index is 12.9. The minimum atomic E-state index is -0.233. The first-order chi connectivity index (χ1) is 11.2. The van der Waals surface area contributed by atoms with E-state index < -0.39 is 0 Å². The van der Waals surface area contributed by atoms with Gasteiger partial charge in [0.15, 0.2) is 5.65 Å². The molecule has 0 spiro atoms. The van der Waals surface area contributed by atoms with Crippen molar-refractivity contribution in [2.75, 3.05) is 6.61 Å². The van der Waals surface area contributed by atoms with Crippen LogP contribution < -0.4 is 0 Å². The minimum Gasteiger partial charge on any atom is -0.368 e.